The summed E-state index contributed by atoms with van der Waals surface area (Å²) in [5, 5.41) is 0. The minimum Gasteiger partial charge on any atom is -0.378 e. The van der Waals surface area contributed by atoms with Crippen molar-refractivity contribution in [2.75, 3.05) is 13.2 Å². The first-order valence-corrected chi connectivity index (χ1v) is 4.28. The van der Waals surface area contributed by atoms with Crippen LogP contribution in [-0.4, -0.2) is 19.4 Å². The summed E-state index contributed by atoms with van der Waals surface area (Å²) >= 11 is 0. The van der Waals surface area contributed by atoms with Gasteiger partial charge in [-0.15, -0.1) is 0 Å². The van der Waals surface area contributed by atoms with E-state index in [1.54, 1.807) is 0 Å². The van der Waals surface area contributed by atoms with Crippen molar-refractivity contribution in [1.29, 1.82) is 0 Å². The van der Waals surface area contributed by atoms with E-state index in [9.17, 15) is 8.78 Å². The van der Waals surface area contributed by atoms with Crippen LogP contribution in [0, 0.1) is 0 Å². The van der Waals surface area contributed by atoms with Crippen LogP contribution in [0.3, 0.4) is 0 Å². The van der Waals surface area contributed by atoms with Gasteiger partial charge >= 0.3 is 0 Å². The molecule has 3 heteroatoms. The lowest BCUT2D eigenvalue weighted by Crippen LogP contribution is -2.10. The van der Waals surface area contributed by atoms with Gasteiger partial charge in [-0.25, -0.2) is 8.78 Å². The van der Waals surface area contributed by atoms with Crippen LogP contribution in [0.25, 0.3) is 0 Å². The van der Waals surface area contributed by atoms with E-state index in [4.69, 9.17) is 4.74 Å². The number of rotatable bonds is 7. The van der Waals surface area contributed by atoms with Gasteiger partial charge in [0.15, 0.2) is 0 Å². The smallest absolute Gasteiger partial charge is 0.124 e. The van der Waals surface area contributed by atoms with Crippen LogP contribution in [0.15, 0.2) is 12.4 Å². The first-order chi connectivity index (χ1) is 5.81. The Hall–Kier alpha value is -0.440. The lowest BCUT2D eigenvalue weighted by atomic mass is 10.2. The van der Waals surface area contributed by atoms with Crippen molar-refractivity contribution < 1.29 is 13.5 Å². The van der Waals surface area contributed by atoms with Crippen LogP contribution >= 0.6 is 0 Å². The highest BCUT2D eigenvalue weighted by molar-refractivity contribution is 4.73. The molecule has 0 aliphatic heterocycles. The minimum absolute atomic E-state index is 0.133. The molecular weight excluding hydrogens is 162 g/mol. The number of hydrogen-bond donors (Lipinski definition) is 0. The Labute approximate surface area is 72.4 Å². The summed E-state index contributed by atoms with van der Waals surface area (Å²) < 4.78 is 29.2. The molecule has 12 heavy (non-hydrogen) atoms. The SMILES string of the molecule is CCCOCC(F)CCC=CF. The molecule has 0 aliphatic rings. The summed E-state index contributed by atoms with van der Waals surface area (Å²) in [7, 11) is 0. The molecule has 0 rings (SSSR count). The topological polar surface area (TPSA) is 9.23 Å². The number of ether oxygens (including phenoxy) is 1. The molecule has 0 bridgehead atoms. The molecule has 1 unspecified atom stereocenters. The molecular formula is C9H16F2O. The van der Waals surface area contributed by atoms with E-state index in [2.05, 4.69) is 0 Å². The highest BCUT2D eigenvalue weighted by Crippen LogP contribution is 2.03. The summed E-state index contributed by atoms with van der Waals surface area (Å²) in [6, 6.07) is 0. The first-order valence-electron chi connectivity index (χ1n) is 4.28. The van der Waals surface area contributed by atoms with Gasteiger partial charge in [-0.1, -0.05) is 13.0 Å². The molecule has 0 amide bonds. The zero-order chi connectivity index (χ0) is 9.23. The van der Waals surface area contributed by atoms with Gasteiger partial charge < -0.3 is 4.74 Å². The van der Waals surface area contributed by atoms with Gasteiger partial charge in [-0.05, 0) is 19.3 Å². The quantitative estimate of drug-likeness (QED) is 0.544. The Morgan fingerprint density at radius 2 is 2.25 bits per heavy atom. The Balaban J connectivity index is 3.15. The van der Waals surface area contributed by atoms with Crippen molar-refractivity contribution in [1.82, 2.24) is 0 Å². The molecule has 1 nitrogen and oxygen atoms in total. The van der Waals surface area contributed by atoms with Crippen molar-refractivity contribution in [2.24, 2.45) is 0 Å². The summed E-state index contributed by atoms with van der Waals surface area (Å²) in [5.41, 5.74) is 0. The average Bonchev–Trinajstić information content (AvgIpc) is 2.06. The Bertz CT molecular complexity index is 115. The molecule has 0 aromatic heterocycles. The molecule has 72 valence electrons. The summed E-state index contributed by atoms with van der Waals surface area (Å²) in [6.07, 6.45) is 2.47. The zero-order valence-corrected chi connectivity index (χ0v) is 7.43. The third-order valence-electron chi connectivity index (χ3n) is 1.38. The standard InChI is InChI=1S/C9H16F2O/c1-2-7-12-8-9(11)5-3-4-6-10/h4,6,9H,2-3,5,7-8H2,1H3. The fourth-order valence-electron chi connectivity index (χ4n) is 0.779. The second-order valence-electron chi connectivity index (χ2n) is 2.61. The first kappa shape index (κ1) is 11.6. The van der Waals surface area contributed by atoms with Crippen LogP contribution in [0.2, 0.25) is 0 Å². The fourth-order valence-corrected chi connectivity index (χ4v) is 0.779. The van der Waals surface area contributed by atoms with Gasteiger partial charge in [-0.2, -0.15) is 0 Å². The minimum atomic E-state index is -0.965. The van der Waals surface area contributed by atoms with Gasteiger partial charge in [0.1, 0.15) is 6.17 Å². The van der Waals surface area contributed by atoms with E-state index >= 15 is 0 Å². The van der Waals surface area contributed by atoms with Crippen LogP contribution in [-0.2, 0) is 4.74 Å². The normalized spacial score (nSPS) is 13.9. The number of hydrogen-bond acceptors (Lipinski definition) is 1. The van der Waals surface area contributed by atoms with E-state index in [-0.39, 0.29) is 6.61 Å². The van der Waals surface area contributed by atoms with Gasteiger partial charge in [0.05, 0.1) is 12.9 Å². The van der Waals surface area contributed by atoms with Gasteiger partial charge in [0.25, 0.3) is 0 Å². The monoisotopic (exact) mass is 178 g/mol. The molecule has 0 saturated carbocycles. The van der Waals surface area contributed by atoms with Crippen LogP contribution < -0.4 is 0 Å². The van der Waals surface area contributed by atoms with E-state index in [1.165, 1.54) is 6.08 Å². The molecule has 1 atom stereocenters. The molecule has 0 radical (unpaired) electrons. The van der Waals surface area contributed by atoms with E-state index in [0.717, 1.165) is 6.42 Å². The second-order valence-corrected chi connectivity index (χ2v) is 2.61. The highest BCUT2D eigenvalue weighted by atomic mass is 19.1. The van der Waals surface area contributed by atoms with Crippen molar-refractivity contribution in [2.45, 2.75) is 32.4 Å². The molecule has 0 spiro atoms. The van der Waals surface area contributed by atoms with Gasteiger partial charge in [0, 0.05) is 6.61 Å². The average molecular weight is 178 g/mol. The predicted molar refractivity (Wildman–Crippen MR) is 45.5 cm³/mol. The highest BCUT2D eigenvalue weighted by Gasteiger charge is 2.04. The maximum absolute atomic E-state index is 12.8. The summed E-state index contributed by atoms with van der Waals surface area (Å²) in [5.74, 6) is 0. The maximum atomic E-state index is 12.8. The van der Waals surface area contributed by atoms with E-state index in [1.807, 2.05) is 6.92 Å². The van der Waals surface area contributed by atoms with Crippen LogP contribution in [0.5, 0.6) is 0 Å². The van der Waals surface area contributed by atoms with E-state index < -0.39 is 6.17 Å². The fraction of sp³-hybridized carbons (Fsp3) is 0.778. The molecule has 0 N–H and O–H groups in total. The predicted octanol–water partition coefficient (Wildman–Crippen LogP) is 3.01. The maximum Gasteiger partial charge on any atom is 0.124 e. The Kier molecular flexibility index (Phi) is 8.34. The number of allylic oxidation sites excluding steroid dienone is 1. The van der Waals surface area contributed by atoms with Crippen molar-refractivity contribution in [3.63, 3.8) is 0 Å². The third kappa shape index (κ3) is 7.66. The van der Waals surface area contributed by atoms with Crippen LogP contribution in [0.4, 0.5) is 8.78 Å². The van der Waals surface area contributed by atoms with Crippen molar-refractivity contribution >= 4 is 0 Å². The molecule has 0 fully saturated rings. The lowest BCUT2D eigenvalue weighted by molar-refractivity contribution is 0.0780. The molecule has 0 aliphatic carbocycles. The Morgan fingerprint density at radius 1 is 1.50 bits per heavy atom. The lowest BCUT2D eigenvalue weighted by Gasteiger charge is -2.06. The summed E-state index contributed by atoms with van der Waals surface area (Å²) in [6.45, 7) is 2.70. The number of halogens is 2. The Morgan fingerprint density at radius 3 is 2.83 bits per heavy atom. The zero-order valence-electron chi connectivity index (χ0n) is 7.43. The van der Waals surface area contributed by atoms with Gasteiger partial charge in [-0.3, -0.25) is 0 Å². The molecule has 0 saturated heterocycles. The number of alkyl halides is 1. The van der Waals surface area contributed by atoms with Gasteiger partial charge in [0.2, 0.25) is 0 Å². The second kappa shape index (κ2) is 8.65. The van der Waals surface area contributed by atoms with Crippen LogP contribution in [0.1, 0.15) is 26.2 Å². The largest absolute Gasteiger partial charge is 0.378 e. The van der Waals surface area contributed by atoms with Crippen molar-refractivity contribution in [3.05, 3.63) is 12.4 Å². The molecule has 0 aromatic rings. The molecule has 0 heterocycles. The molecule has 0 aromatic carbocycles. The third-order valence-corrected chi connectivity index (χ3v) is 1.38. The van der Waals surface area contributed by atoms with E-state index in [0.29, 0.717) is 25.8 Å². The van der Waals surface area contributed by atoms with Crippen molar-refractivity contribution in [3.8, 4) is 0 Å². The summed E-state index contributed by atoms with van der Waals surface area (Å²) in [4.78, 5) is 0.